The van der Waals surface area contributed by atoms with Gasteiger partial charge in [-0.25, -0.2) is 8.42 Å². The summed E-state index contributed by atoms with van der Waals surface area (Å²) >= 11 is 7.35. The van der Waals surface area contributed by atoms with E-state index in [-0.39, 0.29) is 6.10 Å². The number of sulfonamides is 1. The summed E-state index contributed by atoms with van der Waals surface area (Å²) in [5.74, 6) is 0.540. The monoisotopic (exact) mass is 372 g/mol. The number of piperidine rings is 1. The number of halogens is 1. The molecule has 0 aliphatic carbocycles. The van der Waals surface area contributed by atoms with Crippen molar-refractivity contribution in [3.05, 3.63) is 40.5 Å². The SMILES string of the molecule is Cc1ccc(S(=O)(=O)N2CCC[C@@H](Oc3ccncc3Cl)C2)s1. The first-order chi connectivity index (χ1) is 11.0. The average molecular weight is 373 g/mol. The summed E-state index contributed by atoms with van der Waals surface area (Å²) in [4.78, 5) is 4.90. The van der Waals surface area contributed by atoms with Crippen LogP contribution in [0.4, 0.5) is 0 Å². The van der Waals surface area contributed by atoms with Crippen molar-refractivity contribution in [2.24, 2.45) is 0 Å². The highest BCUT2D eigenvalue weighted by atomic mass is 35.5. The molecule has 2 aromatic rings. The van der Waals surface area contributed by atoms with E-state index in [1.54, 1.807) is 18.3 Å². The van der Waals surface area contributed by atoms with Gasteiger partial charge in [0.05, 0.1) is 6.54 Å². The lowest BCUT2D eigenvalue weighted by atomic mass is 10.1. The minimum atomic E-state index is -3.45. The number of nitrogens with zero attached hydrogens (tertiary/aromatic N) is 2. The van der Waals surface area contributed by atoms with E-state index in [1.807, 2.05) is 13.0 Å². The van der Waals surface area contributed by atoms with Crippen molar-refractivity contribution in [3.63, 3.8) is 0 Å². The topological polar surface area (TPSA) is 59.5 Å². The fourth-order valence-corrected chi connectivity index (χ4v) is 5.65. The third kappa shape index (κ3) is 3.68. The van der Waals surface area contributed by atoms with Crippen molar-refractivity contribution >= 4 is 33.0 Å². The fraction of sp³-hybridized carbons (Fsp3) is 0.400. The lowest BCUT2D eigenvalue weighted by molar-refractivity contribution is 0.130. The van der Waals surface area contributed by atoms with Crippen LogP contribution in [0.3, 0.4) is 0 Å². The maximum absolute atomic E-state index is 12.7. The van der Waals surface area contributed by atoms with Crippen LogP contribution in [0.1, 0.15) is 17.7 Å². The van der Waals surface area contributed by atoms with E-state index >= 15 is 0 Å². The normalized spacial score (nSPS) is 19.7. The fourth-order valence-electron chi connectivity index (χ4n) is 2.54. The summed E-state index contributed by atoms with van der Waals surface area (Å²) < 4.78 is 33.2. The molecule has 8 heteroatoms. The first kappa shape index (κ1) is 16.7. The zero-order chi connectivity index (χ0) is 16.4. The van der Waals surface area contributed by atoms with E-state index in [4.69, 9.17) is 16.3 Å². The van der Waals surface area contributed by atoms with Gasteiger partial charge in [-0.3, -0.25) is 4.98 Å². The van der Waals surface area contributed by atoms with Crippen LogP contribution in [-0.2, 0) is 10.0 Å². The van der Waals surface area contributed by atoms with Crippen LogP contribution in [0, 0.1) is 6.92 Å². The molecule has 0 aromatic carbocycles. The average Bonchev–Trinajstić information content (AvgIpc) is 2.97. The molecule has 3 rings (SSSR count). The highest BCUT2D eigenvalue weighted by Crippen LogP contribution is 2.29. The van der Waals surface area contributed by atoms with Gasteiger partial charge in [-0.2, -0.15) is 4.31 Å². The molecule has 0 saturated carbocycles. The second kappa shape index (κ2) is 6.76. The van der Waals surface area contributed by atoms with Crippen molar-refractivity contribution in [1.29, 1.82) is 0 Å². The van der Waals surface area contributed by atoms with E-state index in [0.717, 1.165) is 17.7 Å². The summed E-state index contributed by atoms with van der Waals surface area (Å²) in [6, 6.07) is 5.18. The Balaban J connectivity index is 1.75. The van der Waals surface area contributed by atoms with Gasteiger partial charge in [0.1, 0.15) is 21.1 Å². The summed E-state index contributed by atoms with van der Waals surface area (Å²) in [6.07, 6.45) is 4.47. The molecular formula is C15H17ClN2O3S2. The van der Waals surface area contributed by atoms with E-state index in [1.165, 1.54) is 21.8 Å². The molecule has 0 bridgehead atoms. The molecule has 0 unspecified atom stereocenters. The van der Waals surface area contributed by atoms with Gasteiger partial charge in [0.2, 0.25) is 0 Å². The van der Waals surface area contributed by atoms with Gasteiger partial charge >= 0.3 is 0 Å². The number of pyridine rings is 1. The van der Waals surface area contributed by atoms with E-state index in [2.05, 4.69) is 4.98 Å². The summed E-state index contributed by atoms with van der Waals surface area (Å²) in [7, 11) is -3.45. The molecule has 2 aromatic heterocycles. The van der Waals surface area contributed by atoms with Crippen LogP contribution < -0.4 is 4.74 Å². The number of ether oxygens (including phenoxy) is 1. The molecular weight excluding hydrogens is 356 g/mol. The number of hydrogen-bond acceptors (Lipinski definition) is 5. The van der Waals surface area contributed by atoms with Crippen molar-refractivity contribution < 1.29 is 13.2 Å². The molecule has 1 atom stereocenters. The van der Waals surface area contributed by atoms with Gasteiger partial charge in [0.15, 0.2) is 0 Å². The first-order valence-electron chi connectivity index (χ1n) is 7.29. The Hall–Kier alpha value is -1.15. The summed E-state index contributed by atoms with van der Waals surface area (Å²) in [6.45, 7) is 2.75. The van der Waals surface area contributed by atoms with Gasteiger partial charge in [0, 0.05) is 29.9 Å². The largest absolute Gasteiger partial charge is 0.487 e. The second-order valence-electron chi connectivity index (χ2n) is 5.42. The van der Waals surface area contributed by atoms with Gasteiger partial charge in [-0.15, -0.1) is 11.3 Å². The van der Waals surface area contributed by atoms with Crippen LogP contribution >= 0.6 is 22.9 Å². The molecule has 0 amide bonds. The molecule has 0 spiro atoms. The number of hydrogen-bond donors (Lipinski definition) is 0. The highest BCUT2D eigenvalue weighted by molar-refractivity contribution is 7.91. The number of aromatic nitrogens is 1. The van der Waals surface area contributed by atoms with Crippen LogP contribution in [0.5, 0.6) is 5.75 Å². The van der Waals surface area contributed by atoms with Crippen LogP contribution in [0.25, 0.3) is 0 Å². The summed E-state index contributed by atoms with van der Waals surface area (Å²) in [5.41, 5.74) is 0. The molecule has 124 valence electrons. The Morgan fingerprint density at radius 3 is 2.91 bits per heavy atom. The number of thiophene rings is 1. The Bertz CT molecular complexity index is 792. The molecule has 5 nitrogen and oxygen atoms in total. The van der Waals surface area contributed by atoms with E-state index < -0.39 is 10.0 Å². The van der Waals surface area contributed by atoms with Crippen molar-refractivity contribution in [3.8, 4) is 5.75 Å². The lowest BCUT2D eigenvalue weighted by Crippen LogP contribution is -2.44. The van der Waals surface area contributed by atoms with Crippen LogP contribution in [-0.4, -0.2) is 36.9 Å². The van der Waals surface area contributed by atoms with Gasteiger partial charge in [-0.1, -0.05) is 11.6 Å². The van der Waals surface area contributed by atoms with Gasteiger partial charge < -0.3 is 4.74 Å². The van der Waals surface area contributed by atoms with Gasteiger partial charge in [0.25, 0.3) is 10.0 Å². The third-order valence-electron chi connectivity index (χ3n) is 3.68. The predicted molar refractivity (Wildman–Crippen MR) is 90.7 cm³/mol. The van der Waals surface area contributed by atoms with E-state index in [0.29, 0.717) is 28.1 Å². The first-order valence-corrected chi connectivity index (χ1v) is 9.93. The number of aryl methyl sites for hydroxylation is 1. The highest BCUT2D eigenvalue weighted by Gasteiger charge is 2.32. The smallest absolute Gasteiger partial charge is 0.252 e. The predicted octanol–water partition coefficient (Wildman–Crippen LogP) is 3.34. The van der Waals surface area contributed by atoms with Crippen molar-refractivity contribution in [2.75, 3.05) is 13.1 Å². The molecule has 1 saturated heterocycles. The Kier molecular flexibility index (Phi) is 4.91. The minimum Gasteiger partial charge on any atom is -0.487 e. The zero-order valence-electron chi connectivity index (χ0n) is 12.6. The third-order valence-corrected chi connectivity index (χ3v) is 7.30. The lowest BCUT2D eigenvalue weighted by Gasteiger charge is -2.31. The zero-order valence-corrected chi connectivity index (χ0v) is 15.0. The molecule has 1 aliphatic heterocycles. The quantitative estimate of drug-likeness (QED) is 0.825. The maximum atomic E-state index is 12.7. The molecule has 0 N–H and O–H groups in total. The molecule has 1 aliphatic rings. The minimum absolute atomic E-state index is 0.209. The molecule has 1 fully saturated rings. The van der Waals surface area contributed by atoms with Gasteiger partial charge in [-0.05, 0) is 31.9 Å². The molecule has 3 heterocycles. The molecule has 0 radical (unpaired) electrons. The van der Waals surface area contributed by atoms with E-state index in [9.17, 15) is 8.42 Å². The Labute approximate surface area is 144 Å². The Morgan fingerprint density at radius 1 is 1.39 bits per heavy atom. The Morgan fingerprint density at radius 2 is 2.22 bits per heavy atom. The maximum Gasteiger partial charge on any atom is 0.252 e. The number of rotatable bonds is 4. The van der Waals surface area contributed by atoms with Crippen LogP contribution in [0.15, 0.2) is 34.8 Å². The summed E-state index contributed by atoms with van der Waals surface area (Å²) in [5, 5.41) is 0.432. The second-order valence-corrected chi connectivity index (χ2v) is 9.28. The molecule has 23 heavy (non-hydrogen) atoms. The van der Waals surface area contributed by atoms with Crippen molar-refractivity contribution in [1.82, 2.24) is 9.29 Å². The standard InChI is InChI=1S/C15H17ClN2O3S2/c1-11-4-5-15(22-11)23(19,20)18-8-2-3-12(10-18)21-14-6-7-17-9-13(14)16/h4-7,9,12H,2-3,8,10H2,1H3/t12-/m1/s1. The van der Waals surface area contributed by atoms with Crippen LogP contribution in [0.2, 0.25) is 5.02 Å². The van der Waals surface area contributed by atoms with Crippen molar-refractivity contribution in [2.45, 2.75) is 30.1 Å².